The third-order valence-corrected chi connectivity index (χ3v) is 2.81. The fourth-order valence-electron chi connectivity index (χ4n) is 1.55. The van der Waals surface area contributed by atoms with Crippen LogP contribution in [-0.4, -0.2) is 30.8 Å². The minimum absolute atomic E-state index is 0.0883. The number of nitrogens with two attached hydrogens (primary N) is 1. The summed E-state index contributed by atoms with van der Waals surface area (Å²) in [6, 6.07) is 4.58. The minimum Gasteiger partial charge on any atom is -0.495 e. The van der Waals surface area contributed by atoms with E-state index < -0.39 is 0 Å². The van der Waals surface area contributed by atoms with E-state index in [2.05, 4.69) is 5.32 Å². The van der Waals surface area contributed by atoms with Gasteiger partial charge < -0.3 is 20.9 Å². The van der Waals surface area contributed by atoms with E-state index in [4.69, 9.17) is 15.6 Å². The number of ether oxygens (including phenoxy) is 1. The van der Waals surface area contributed by atoms with Gasteiger partial charge in [-0.2, -0.15) is 0 Å². The van der Waals surface area contributed by atoms with Crippen molar-refractivity contribution < 1.29 is 14.6 Å². The Hall–Kier alpha value is -1.75. The van der Waals surface area contributed by atoms with E-state index in [0.29, 0.717) is 17.0 Å². The predicted molar refractivity (Wildman–Crippen MR) is 70.6 cm³/mol. The molecule has 0 saturated heterocycles. The molecule has 0 fully saturated rings. The van der Waals surface area contributed by atoms with E-state index in [1.165, 1.54) is 7.11 Å². The second-order valence-electron chi connectivity index (χ2n) is 4.46. The Balaban J connectivity index is 2.81. The number of aliphatic hydroxyl groups excluding tert-OH is 1. The lowest BCUT2D eigenvalue weighted by Crippen LogP contribution is -2.41. The first-order valence-corrected chi connectivity index (χ1v) is 5.84. The number of methoxy groups -OCH3 is 1. The highest BCUT2D eigenvalue weighted by molar-refractivity contribution is 5.95. The molecule has 0 spiro atoms. The van der Waals surface area contributed by atoms with Crippen LogP contribution in [0, 0.1) is 5.92 Å². The summed E-state index contributed by atoms with van der Waals surface area (Å²) in [5.41, 5.74) is 6.60. The molecule has 18 heavy (non-hydrogen) atoms. The number of hydrogen-bond acceptors (Lipinski definition) is 4. The lowest BCUT2D eigenvalue weighted by Gasteiger charge is -2.20. The van der Waals surface area contributed by atoms with Crippen LogP contribution in [0.25, 0.3) is 0 Å². The van der Waals surface area contributed by atoms with E-state index in [0.717, 1.165) is 0 Å². The van der Waals surface area contributed by atoms with Crippen molar-refractivity contribution in [1.29, 1.82) is 0 Å². The first kappa shape index (κ1) is 14.3. The van der Waals surface area contributed by atoms with Crippen molar-refractivity contribution in [3.05, 3.63) is 23.8 Å². The molecule has 0 heterocycles. The molecule has 0 aliphatic carbocycles. The lowest BCUT2D eigenvalue weighted by atomic mass is 10.0. The maximum absolute atomic E-state index is 12.0. The van der Waals surface area contributed by atoms with Gasteiger partial charge in [-0.15, -0.1) is 0 Å². The summed E-state index contributed by atoms with van der Waals surface area (Å²) in [6.45, 7) is 3.78. The van der Waals surface area contributed by atoms with Gasteiger partial charge in [0.2, 0.25) is 0 Å². The maximum atomic E-state index is 12.0. The molecule has 1 atom stereocenters. The highest BCUT2D eigenvalue weighted by Crippen LogP contribution is 2.21. The number of hydrogen-bond donors (Lipinski definition) is 3. The van der Waals surface area contributed by atoms with Gasteiger partial charge in [-0.05, 0) is 24.1 Å². The summed E-state index contributed by atoms with van der Waals surface area (Å²) in [4.78, 5) is 12.0. The summed E-state index contributed by atoms with van der Waals surface area (Å²) in [5.74, 6) is 0.445. The van der Waals surface area contributed by atoms with Crippen molar-refractivity contribution in [2.75, 3.05) is 19.5 Å². The van der Waals surface area contributed by atoms with Gasteiger partial charge in [0.15, 0.2) is 0 Å². The highest BCUT2D eigenvalue weighted by Gasteiger charge is 2.16. The average molecular weight is 252 g/mol. The van der Waals surface area contributed by atoms with Crippen LogP contribution in [0.15, 0.2) is 18.2 Å². The summed E-state index contributed by atoms with van der Waals surface area (Å²) in [5, 5.41) is 11.9. The molecule has 0 radical (unpaired) electrons. The lowest BCUT2D eigenvalue weighted by molar-refractivity contribution is 0.0897. The first-order chi connectivity index (χ1) is 8.49. The largest absolute Gasteiger partial charge is 0.495 e. The van der Waals surface area contributed by atoms with Crippen LogP contribution in [0.1, 0.15) is 24.2 Å². The second kappa shape index (κ2) is 6.26. The number of carbonyl (C=O) groups is 1. The fourth-order valence-corrected chi connectivity index (χ4v) is 1.55. The van der Waals surface area contributed by atoms with Crippen molar-refractivity contribution in [2.45, 2.75) is 19.9 Å². The van der Waals surface area contributed by atoms with Crippen LogP contribution in [0.4, 0.5) is 5.69 Å². The number of aliphatic hydroxyl groups is 1. The van der Waals surface area contributed by atoms with Gasteiger partial charge in [-0.3, -0.25) is 4.79 Å². The van der Waals surface area contributed by atoms with Crippen molar-refractivity contribution >= 4 is 11.6 Å². The van der Waals surface area contributed by atoms with Crippen LogP contribution in [0.3, 0.4) is 0 Å². The molecule has 4 N–H and O–H groups in total. The molecule has 0 aliphatic heterocycles. The molecule has 0 aromatic heterocycles. The Morgan fingerprint density at radius 2 is 2.17 bits per heavy atom. The van der Waals surface area contributed by atoms with Gasteiger partial charge in [-0.25, -0.2) is 0 Å². The molecular formula is C13H20N2O3. The third kappa shape index (κ3) is 3.37. The smallest absolute Gasteiger partial charge is 0.251 e. The van der Waals surface area contributed by atoms with Crippen LogP contribution in [-0.2, 0) is 0 Å². The summed E-state index contributed by atoms with van der Waals surface area (Å²) < 4.78 is 5.02. The zero-order valence-electron chi connectivity index (χ0n) is 10.9. The minimum atomic E-state index is -0.263. The standard InChI is InChI=1S/C13H20N2O3/c1-8(2)11(7-16)15-13(17)9-4-5-12(18-3)10(14)6-9/h4-6,8,11,16H,7,14H2,1-3H3,(H,15,17)/t11-/m1/s1. The normalized spacial score (nSPS) is 12.3. The quantitative estimate of drug-likeness (QED) is 0.683. The predicted octanol–water partition coefficient (Wildman–Crippen LogP) is 1.02. The Morgan fingerprint density at radius 1 is 1.50 bits per heavy atom. The molecule has 0 bridgehead atoms. The zero-order valence-corrected chi connectivity index (χ0v) is 10.9. The molecule has 0 unspecified atom stereocenters. The van der Waals surface area contributed by atoms with Gasteiger partial charge in [0.1, 0.15) is 5.75 Å². The molecule has 1 aromatic rings. The van der Waals surface area contributed by atoms with Gasteiger partial charge in [0.05, 0.1) is 25.4 Å². The zero-order chi connectivity index (χ0) is 13.7. The molecule has 5 nitrogen and oxygen atoms in total. The maximum Gasteiger partial charge on any atom is 0.251 e. The van der Waals surface area contributed by atoms with Crippen LogP contribution in [0.2, 0.25) is 0 Å². The Labute approximate surface area is 107 Å². The van der Waals surface area contributed by atoms with Crippen LogP contribution < -0.4 is 15.8 Å². The molecule has 1 rings (SSSR count). The first-order valence-electron chi connectivity index (χ1n) is 5.84. The van der Waals surface area contributed by atoms with Gasteiger partial charge >= 0.3 is 0 Å². The Kier molecular flexibility index (Phi) is 4.97. The molecule has 5 heteroatoms. The SMILES string of the molecule is COc1ccc(C(=O)N[C@H](CO)C(C)C)cc1N. The van der Waals surface area contributed by atoms with Gasteiger partial charge in [0.25, 0.3) is 5.91 Å². The molecular weight excluding hydrogens is 232 g/mol. The van der Waals surface area contributed by atoms with Gasteiger partial charge in [0, 0.05) is 5.56 Å². The van der Waals surface area contributed by atoms with E-state index in [1.807, 2.05) is 13.8 Å². The molecule has 100 valence electrons. The number of nitrogens with one attached hydrogen (secondary N) is 1. The van der Waals surface area contributed by atoms with Gasteiger partial charge in [-0.1, -0.05) is 13.8 Å². The van der Waals surface area contributed by atoms with Crippen molar-refractivity contribution in [3.63, 3.8) is 0 Å². The molecule has 1 amide bonds. The summed E-state index contributed by atoms with van der Waals surface area (Å²) in [6.07, 6.45) is 0. The molecule has 0 saturated carbocycles. The van der Waals surface area contributed by atoms with Crippen molar-refractivity contribution in [1.82, 2.24) is 5.32 Å². The van der Waals surface area contributed by atoms with Crippen molar-refractivity contribution in [2.24, 2.45) is 5.92 Å². The number of anilines is 1. The highest BCUT2D eigenvalue weighted by atomic mass is 16.5. The van der Waals surface area contributed by atoms with Crippen LogP contribution in [0.5, 0.6) is 5.75 Å². The monoisotopic (exact) mass is 252 g/mol. The summed E-state index contributed by atoms with van der Waals surface area (Å²) in [7, 11) is 1.52. The third-order valence-electron chi connectivity index (χ3n) is 2.81. The van der Waals surface area contributed by atoms with E-state index in [1.54, 1.807) is 18.2 Å². The van der Waals surface area contributed by atoms with E-state index >= 15 is 0 Å². The number of amides is 1. The number of benzene rings is 1. The number of carbonyl (C=O) groups excluding carboxylic acids is 1. The van der Waals surface area contributed by atoms with E-state index in [-0.39, 0.29) is 24.5 Å². The topological polar surface area (TPSA) is 84.6 Å². The fraction of sp³-hybridized carbons (Fsp3) is 0.462. The Bertz CT molecular complexity index is 419. The Morgan fingerprint density at radius 3 is 2.61 bits per heavy atom. The molecule has 0 aliphatic rings. The van der Waals surface area contributed by atoms with Crippen molar-refractivity contribution in [3.8, 4) is 5.75 Å². The number of rotatable bonds is 5. The van der Waals surface area contributed by atoms with Crippen LogP contribution >= 0.6 is 0 Å². The summed E-state index contributed by atoms with van der Waals surface area (Å²) >= 11 is 0. The molecule has 1 aromatic carbocycles. The average Bonchev–Trinajstić information content (AvgIpc) is 2.35. The van der Waals surface area contributed by atoms with E-state index in [9.17, 15) is 4.79 Å². The second-order valence-corrected chi connectivity index (χ2v) is 4.46. The number of nitrogen functional groups attached to an aromatic ring is 1.